The fraction of sp³-hybridized carbons (Fsp3) is 0.235. The summed E-state index contributed by atoms with van der Waals surface area (Å²) < 4.78 is 32.6. The Hall–Kier alpha value is -2.42. The minimum Gasteiger partial charge on any atom is -0.394 e. The number of rotatable bonds is 5. The van der Waals surface area contributed by atoms with Gasteiger partial charge in [-0.25, -0.2) is 8.42 Å². The molecule has 1 aliphatic heterocycles. The van der Waals surface area contributed by atoms with E-state index in [-0.39, 0.29) is 24.0 Å². The van der Waals surface area contributed by atoms with Gasteiger partial charge in [0.2, 0.25) is 5.91 Å². The Kier molecular flexibility index (Phi) is 5.03. The predicted molar refractivity (Wildman–Crippen MR) is 91.4 cm³/mol. The van der Waals surface area contributed by atoms with Crippen molar-refractivity contribution in [1.82, 2.24) is 5.32 Å². The van der Waals surface area contributed by atoms with Gasteiger partial charge in [-0.1, -0.05) is 30.3 Å². The first-order valence-electron chi connectivity index (χ1n) is 7.69. The summed E-state index contributed by atoms with van der Waals surface area (Å²) in [6, 6.07) is 14.2. The fourth-order valence-corrected chi connectivity index (χ4v) is 3.71. The highest BCUT2D eigenvalue weighted by atomic mass is 32.2. The second-order valence-electron chi connectivity index (χ2n) is 5.63. The van der Waals surface area contributed by atoms with Crippen LogP contribution in [0.4, 0.5) is 5.69 Å². The van der Waals surface area contributed by atoms with Crippen molar-refractivity contribution in [2.75, 3.05) is 17.9 Å². The van der Waals surface area contributed by atoms with Crippen molar-refractivity contribution in [2.24, 2.45) is 0 Å². The maximum atomic E-state index is 12.3. The zero-order valence-electron chi connectivity index (χ0n) is 13.3. The first-order valence-corrected chi connectivity index (χ1v) is 9.17. The number of carbonyl (C=O) groups excluding carboxylic acids is 1. The number of carbonyl (C=O) groups is 1. The van der Waals surface area contributed by atoms with Crippen molar-refractivity contribution in [3.8, 4) is 0 Å². The van der Waals surface area contributed by atoms with Crippen molar-refractivity contribution in [1.29, 1.82) is 0 Å². The molecular weight excluding hydrogens is 344 g/mol. The second kappa shape index (κ2) is 7.22. The Morgan fingerprint density at radius 3 is 2.44 bits per heavy atom. The highest BCUT2D eigenvalue weighted by molar-refractivity contribution is 7.92. The highest BCUT2D eigenvalue weighted by Gasteiger charge is 2.30. The number of hydrogen-bond donors (Lipinski definition) is 3. The van der Waals surface area contributed by atoms with Crippen LogP contribution in [0.25, 0.3) is 0 Å². The minimum absolute atomic E-state index is 0.0798. The standard InChI is InChI=1S/C17H18N2O5S/c20-10-15-17(24-11-16(21)18-15)12-6-8-13(9-7-12)19-25(22,23)14-4-2-1-3-5-14/h1-9,15,17,19-20H,10-11H2,(H,18,21)/t15-,17-/m1/s1. The maximum absolute atomic E-state index is 12.3. The van der Waals surface area contributed by atoms with Gasteiger partial charge in [0.05, 0.1) is 17.5 Å². The molecule has 1 saturated heterocycles. The van der Waals surface area contributed by atoms with E-state index in [1.807, 2.05) is 0 Å². The lowest BCUT2D eigenvalue weighted by Crippen LogP contribution is -2.49. The van der Waals surface area contributed by atoms with Crippen molar-refractivity contribution in [3.63, 3.8) is 0 Å². The lowest BCUT2D eigenvalue weighted by Gasteiger charge is -2.31. The molecule has 2 aromatic carbocycles. The van der Waals surface area contributed by atoms with E-state index in [2.05, 4.69) is 10.0 Å². The monoisotopic (exact) mass is 362 g/mol. The predicted octanol–water partition coefficient (Wildman–Crippen LogP) is 1.04. The molecule has 25 heavy (non-hydrogen) atoms. The van der Waals surface area contributed by atoms with Gasteiger partial charge in [-0.2, -0.15) is 0 Å². The summed E-state index contributed by atoms with van der Waals surface area (Å²) in [6.07, 6.45) is -0.484. The summed E-state index contributed by atoms with van der Waals surface area (Å²) in [6.45, 7) is -0.331. The number of sulfonamides is 1. The van der Waals surface area contributed by atoms with Crippen LogP contribution in [0.5, 0.6) is 0 Å². The molecule has 2 atom stereocenters. The zero-order valence-corrected chi connectivity index (χ0v) is 14.1. The van der Waals surface area contributed by atoms with E-state index in [4.69, 9.17) is 4.74 Å². The number of aliphatic hydroxyl groups is 1. The summed E-state index contributed by atoms with van der Waals surface area (Å²) in [5, 5.41) is 12.1. The molecule has 8 heteroatoms. The molecule has 0 saturated carbocycles. The number of ether oxygens (including phenoxy) is 1. The van der Waals surface area contributed by atoms with Gasteiger partial charge in [-0.05, 0) is 29.8 Å². The second-order valence-corrected chi connectivity index (χ2v) is 7.31. The van der Waals surface area contributed by atoms with Crippen molar-refractivity contribution in [3.05, 3.63) is 60.2 Å². The number of morpholine rings is 1. The van der Waals surface area contributed by atoms with E-state index < -0.39 is 22.2 Å². The summed E-state index contributed by atoms with van der Waals surface area (Å²) in [7, 11) is -3.65. The van der Waals surface area contributed by atoms with E-state index in [9.17, 15) is 18.3 Å². The summed E-state index contributed by atoms with van der Waals surface area (Å²) >= 11 is 0. The number of nitrogens with one attached hydrogen (secondary N) is 2. The van der Waals surface area contributed by atoms with Crippen molar-refractivity contribution < 1.29 is 23.1 Å². The molecule has 1 heterocycles. The van der Waals surface area contributed by atoms with Gasteiger partial charge in [0, 0.05) is 5.69 Å². The molecule has 0 unspecified atom stereocenters. The molecule has 2 aromatic rings. The molecule has 0 aromatic heterocycles. The molecule has 3 rings (SSSR count). The number of amides is 1. The first kappa shape index (κ1) is 17.4. The van der Waals surface area contributed by atoms with Crippen LogP contribution in [0.15, 0.2) is 59.5 Å². The molecule has 1 fully saturated rings. The molecule has 132 valence electrons. The Morgan fingerprint density at radius 2 is 1.80 bits per heavy atom. The molecule has 0 spiro atoms. The topological polar surface area (TPSA) is 105 Å². The normalized spacial score (nSPS) is 20.8. The molecule has 0 bridgehead atoms. The number of hydrogen-bond acceptors (Lipinski definition) is 5. The maximum Gasteiger partial charge on any atom is 0.261 e. The number of aliphatic hydroxyl groups excluding tert-OH is 1. The van der Waals surface area contributed by atoms with E-state index >= 15 is 0 Å². The van der Waals surface area contributed by atoms with Crippen LogP contribution in [0.1, 0.15) is 11.7 Å². The van der Waals surface area contributed by atoms with Crippen LogP contribution in [-0.4, -0.2) is 38.7 Å². The third-order valence-corrected chi connectivity index (χ3v) is 5.24. The van der Waals surface area contributed by atoms with E-state index in [1.165, 1.54) is 12.1 Å². The van der Waals surface area contributed by atoms with Crippen LogP contribution in [-0.2, 0) is 19.6 Å². The third-order valence-electron chi connectivity index (χ3n) is 3.85. The Labute approximate surface area is 145 Å². The molecular formula is C17H18N2O5S. The molecule has 1 aliphatic rings. The van der Waals surface area contributed by atoms with Gasteiger partial charge < -0.3 is 15.2 Å². The molecule has 0 radical (unpaired) electrons. The number of benzene rings is 2. The van der Waals surface area contributed by atoms with E-state index in [1.54, 1.807) is 42.5 Å². The summed E-state index contributed by atoms with van der Waals surface area (Å²) in [5.74, 6) is -0.275. The Bertz CT molecular complexity index is 837. The van der Waals surface area contributed by atoms with Crippen molar-refractivity contribution >= 4 is 21.6 Å². The largest absolute Gasteiger partial charge is 0.394 e. The van der Waals surface area contributed by atoms with Crippen molar-refractivity contribution in [2.45, 2.75) is 17.0 Å². The van der Waals surface area contributed by atoms with Gasteiger partial charge in [0.25, 0.3) is 10.0 Å². The average molecular weight is 362 g/mol. The molecule has 3 N–H and O–H groups in total. The van der Waals surface area contributed by atoms with E-state index in [0.717, 1.165) is 5.56 Å². The SMILES string of the molecule is O=C1CO[C@H](c2ccc(NS(=O)(=O)c3ccccc3)cc2)[C@@H](CO)N1. The molecule has 0 aliphatic carbocycles. The van der Waals surface area contributed by atoms with Gasteiger partial charge in [-0.15, -0.1) is 0 Å². The zero-order chi connectivity index (χ0) is 17.9. The first-order chi connectivity index (χ1) is 12.0. The Balaban J connectivity index is 1.75. The van der Waals surface area contributed by atoms with Gasteiger partial charge in [0.1, 0.15) is 12.7 Å². The third kappa shape index (κ3) is 3.98. The van der Waals surface area contributed by atoms with Gasteiger partial charge in [0.15, 0.2) is 0 Å². The van der Waals surface area contributed by atoms with Crippen LogP contribution in [0.2, 0.25) is 0 Å². The van der Waals surface area contributed by atoms with Crippen LogP contribution in [0.3, 0.4) is 0 Å². The smallest absolute Gasteiger partial charge is 0.261 e. The molecule has 1 amide bonds. The summed E-state index contributed by atoms with van der Waals surface area (Å²) in [5.41, 5.74) is 1.15. The number of anilines is 1. The van der Waals surface area contributed by atoms with Crippen LogP contribution >= 0.6 is 0 Å². The van der Waals surface area contributed by atoms with E-state index in [0.29, 0.717) is 5.69 Å². The highest BCUT2D eigenvalue weighted by Crippen LogP contribution is 2.26. The Morgan fingerprint density at radius 1 is 1.12 bits per heavy atom. The minimum atomic E-state index is -3.65. The van der Waals surface area contributed by atoms with Gasteiger partial charge >= 0.3 is 0 Å². The van der Waals surface area contributed by atoms with Crippen LogP contribution in [0, 0.1) is 0 Å². The summed E-state index contributed by atoms with van der Waals surface area (Å²) in [4.78, 5) is 11.5. The average Bonchev–Trinajstić information content (AvgIpc) is 2.63. The fourth-order valence-electron chi connectivity index (χ4n) is 2.63. The van der Waals surface area contributed by atoms with Gasteiger partial charge in [-0.3, -0.25) is 9.52 Å². The quantitative estimate of drug-likeness (QED) is 0.737. The lowest BCUT2D eigenvalue weighted by atomic mass is 10.0. The van der Waals surface area contributed by atoms with Crippen LogP contribution < -0.4 is 10.0 Å². The lowest BCUT2D eigenvalue weighted by molar-refractivity contribution is -0.138. The molecule has 7 nitrogen and oxygen atoms in total.